The van der Waals surface area contributed by atoms with Gasteiger partial charge in [0, 0.05) is 18.9 Å². The van der Waals surface area contributed by atoms with Crippen molar-refractivity contribution < 1.29 is 32.7 Å². The second-order valence-corrected chi connectivity index (χ2v) is 9.22. The molecule has 0 fully saturated rings. The number of hydrogen-bond acceptors (Lipinski definition) is 8. The highest BCUT2D eigenvalue weighted by Gasteiger charge is 2.36. The summed E-state index contributed by atoms with van der Waals surface area (Å²) in [5.74, 6) is -1.22. The van der Waals surface area contributed by atoms with Crippen LogP contribution < -0.4 is 14.9 Å². The Morgan fingerprint density at radius 2 is 1.51 bits per heavy atom. The lowest BCUT2D eigenvalue weighted by molar-refractivity contribution is -0.131. The third kappa shape index (κ3) is 5.19. The minimum atomic E-state index is -4.21. The van der Waals surface area contributed by atoms with E-state index in [1.807, 2.05) is 0 Å². The zero-order valence-corrected chi connectivity index (χ0v) is 18.9. The molecule has 2 aromatic carbocycles. The summed E-state index contributed by atoms with van der Waals surface area (Å²) in [6, 6.07) is 13.5. The fourth-order valence-electron chi connectivity index (χ4n) is 3.51. The molecule has 2 heterocycles. The van der Waals surface area contributed by atoms with Gasteiger partial charge < -0.3 is 4.74 Å². The number of hydrogen-bond donors (Lipinski definition) is 3. The molecule has 35 heavy (non-hydrogen) atoms. The molecule has 3 aromatic rings. The number of carbonyl (C=O) groups is 3. The van der Waals surface area contributed by atoms with E-state index in [1.165, 1.54) is 41.9 Å². The standard InChI is InChI=1S/C23H20N4O7S/c28-21(25-31)20(11-14-27-22(29)18-3-1-2-4-19(18)23(27)30)26-35(32,33)17-7-5-15(6-8-17)34-16-9-12-24-13-10-16/h1-10,12-13,20,26,31H,11,14H2,(H,25,28). The van der Waals surface area contributed by atoms with Gasteiger partial charge in [0.25, 0.3) is 17.7 Å². The van der Waals surface area contributed by atoms with E-state index < -0.39 is 33.8 Å². The van der Waals surface area contributed by atoms with Crippen molar-refractivity contribution in [1.82, 2.24) is 20.1 Å². The SMILES string of the molecule is O=C(NO)C(CCN1C(=O)c2ccccc2C1=O)NS(=O)(=O)c1ccc(Oc2ccncc2)cc1. The van der Waals surface area contributed by atoms with E-state index in [-0.39, 0.29) is 29.0 Å². The summed E-state index contributed by atoms with van der Waals surface area (Å²) >= 11 is 0. The second kappa shape index (κ2) is 10.0. The first-order valence-electron chi connectivity index (χ1n) is 10.4. The van der Waals surface area contributed by atoms with Crippen LogP contribution in [0, 0.1) is 0 Å². The molecular formula is C23H20N4O7S. The number of benzene rings is 2. The average molecular weight is 497 g/mol. The second-order valence-electron chi connectivity index (χ2n) is 7.50. The molecule has 0 spiro atoms. The molecule has 1 atom stereocenters. The third-order valence-electron chi connectivity index (χ3n) is 5.26. The number of pyridine rings is 1. The fourth-order valence-corrected chi connectivity index (χ4v) is 4.74. The van der Waals surface area contributed by atoms with Crippen molar-refractivity contribution in [1.29, 1.82) is 0 Å². The summed E-state index contributed by atoms with van der Waals surface area (Å²) in [5.41, 5.74) is 1.87. The molecule has 0 saturated carbocycles. The van der Waals surface area contributed by atoms with Crippen LogP contribution in [0.1, 0.15) is 27.1 Å². The maximum absolute atomic E-state index is 12.9. The fraction of sp³-hybridized carbons (Fsp3) is 0.130. The molecule has 11 nitrogen and oxygen atoms in total. The Morgan fingerprint density at radius 3 is 2.09 bits per heavy atom. The summed E-state index contributed by atoms with van der Waals surface area (Å²) in [6.07, 6.45) is 2.83. The van der Waals surface area contributed by atoms with Crippen molar-refractivity contribution in [3.63, 3.8) is 0 Å². The van der Waals surface area contributed by atoms with E-state index in [2.05, 4.69) is 9.71 Å². The van der Waals surface area contributed by atoms with Crippen LogP contribution in [-0.4, -0.2) is 53.8 Å². The molecule has 0 aliphatic carbocycles. The lowest BCUT2D eigenvalue weighted by Crippen LogP contribution is -2.47. The van der Waals surface area contributed by atoms with Crippen LogP contribution in [-0.2, 0) is 14.8 Å². The van der Waals surface area contributed by atoms with Gasteiger partial charge in [-0.25, -0.2) is 13.9 Å². The van der Waals surface area contributed by atoms with Crippen LogP contribution in [0.15, 0.2) is 78.0 Å². The Morgan fingerprint density at radius 1 is 0.943 bits per heavy atom. The van der Waals surface area contributed by atoms with Gasteiger partial charge >= 0.3 is 0 Å². The van der Waals surface area contributed by atoms with Crippen LogP contribution >= 0.6 is 0 Å². The maximum Gasteiger partial charge on any atom is 0.261 e. The smallest absolute Gasteiger partial charge is 0.261 e. The first-order valence-corrected chi connectivity index (χ1v) is 11.9. The molecule has 3 N–H and O–H groups in total. The van der Waals surface area contributed by atoms with E-state index in [9.17, 15) is 22.8 Å². The van der Waals surface area contributed by atoms with Crippen LogP contribution in [0.2, 0.25) is 0 Å². The Kier molecular flexibility index (Phi) is 6.87. The van der Waals surface area contributed by atoms with Crippen molar-refractivity contribution in [2.45, 2.75) is 17.4 Å². The van der Waals surface area contributed by atoms with Gasteiger partial charge in [-0.15, -0.1) is 0 Å². The number of amides is 3. The number of aromatic nitrogens is 1. The summed E-state index contributed by atoms with van der Waals surface area (Å²) in [5, 5.41) is 9.08. The number of sulfonamides is 1. The van der Waals surface area contributed by atoms with Crippen LogP contribution in [0.25, 0.3) is 0 Å². The Labute approximate surface area is 200 Å². The van der Waals surface area contributed by atoms with Crippen molar-refractivity contribution in [2.24, 2.45) is 0 Å². The van der Waals surface area contributed by atoms with Gasteiger partial charge in [0.15, 0.2) is 0 Å². The number of carbonyl (C=O) groups excluding carboxylic acids is 3. The predicted molar refractivity (Wildman–Crippen MR) is 121 cm³/mol. The molecule has 1 aromatic heterocycles. The number of ether oxygens (including phenoxy) is 1. The van der Waals surface area contributed by atoms with Crippen molar-refractivity contribution in [3.8, 4) is 11.5 Å². The topological polar surface area (TPSA) is 155 Å². The summed E-state index contributed by atoms with van der Waals surface area (Å²) in [7, 11) is -4.21. The van der Waals surface area contributed by atoms with Gasteiger partial charge in [-0.1, -0.05) is 12.1 Å². The van der Waals surface area contributed by atoms with E-state index in [4.69, 9.17) is 9.94 Å². The van der Waals surface area contributed by atoms with Crippen LogP contribution in [0.3, 0.4) is 0 Å². The molecule has 180 valence electrons. The summed E-state index contributed by atoms with van der Waals surface area (Å²) in [6.45, 7) is -0.244. The van der Waals surface area contributed by atoms with E-state index >= 15 is 0 Å². The lowest BCUT2D eigenvalue weighted by Gasteiger charge is -2.20. The number of imide groups is 1. The molecule has 1 aliphatic rings. The highest BCUT2D eigenvalue weighted by Crippen LogP contribution is 2.24. The zero-order valence-electron chi connectivity index (χ0n) is 18.1. The number of fused-ring (bicyclic) bond motifs is 1. The van der Waals surface area contributed by atoms with Gasteiger partial charge in [-0.2, -0.15) is 4.72 Å². The molecule has 0 radical (unpaired) electrons. The molecule has 1 aliphatic heterocycles. The van der Waals surface area contributed by atoms with Gasteiger partial charge in [0.1, 0.15) is 17.5 Å². The van der Waals surface area contributed by atoms with Gasteiger partial charge in [0.05, 0.1) is 16.0 Å². The van der Waals surface area contributed by atoms with Crippen LogP contribution in [0.5, 0.6) is 11.5 Å². The quantitative estimate of drug-likeness (QED) is 0.230. The number of nitrogens with zero attached hydrogens (tertiary/aromatic N) is 2. The summed E-state index contributed by atoms with van der Waals surface area (Å²) in [4.78, 5) is 41.9. The van der Waals surface area contributed by atoms with Gasteiger partial charge in [0.2, 0.25) is 10.0 Å². The predicted octanol–water partition coefficient (Wildman–Crippen LogP) is 1.71. The first kappa shape index (κ1) is 24.0. The summed E-state index contributed by atoms with van der Waals surface area (Å²) < 4.78 is 33.5. The zero-order chi connectivity index (χ0) is 25.0. The molecule has 4 rings (SSSR count). The van der Waals surface area contributed by atoms with E-state index in [1.54, 1.807) is 36.7 Å². The Balaban J connectivity index is 1.45. The number of rotatable bonds is 9. The van der Waals surface area contributed by atoms with E-state index in [0.29, 0.717) is 11.5 Å². The monoisotopic (exact) mass is 496 g/mol. The van der Waals surface area contributed by atoms with E-state index in [0.717, 1.165) is 4.90 Å². The van der Waals surface area contributed by atoms with Crippen LogP contribution in [0.4, 0.5) is 0 Å². The Bertz CT molecular complexity index is 1330. The average Bonchev–Trinajstić information content (AvgIpc) is 3.11. The lowest BCUT2D eigenvalue weighted by atomic mass is 10.1. The maximum atomic E-state index is 12.9. The molecule has 12 heteroatoms. The van der Waals surface area contributed by atoms with Crippen molar-refractivity contribution >= 4 is 27.7 Å². The Hall–Kier alpha value is -4.13. The molecule has 0 saturated heterocycles. The highest BCUT2D eigenvalue weighted by atomic mass is 32.2. The third-order valence-corrected chi connectivity index (χ3v) is 6.75. The molecule has 3 amide bonds. The minimum absolute atomic E-state index is 0.156. The first-order chi connectivity index (χ1) is 16.8. The molecule has 0 bridgehead atoms. The normalized spacial score (nSPS) is 13.9. The molecule has 1 unspecified atom stereocenters. The van der Waals surface area contributed by atoms with Gasteiger partial charge in [-0.3, -0.25) is 29.5 Å². The molecular weight excluding hydrogens is 476 g/mol. The highest BCUT2D eigenvalue weighted by molar-refractivity contribution is 7.89. The largest absolute Gasteiger partial charge is 0.457 e. The van der Waals surface area contributed by atoms with Crippen molar-refractivity contribution in [2.75, 3.05) is 6.54 Å². The number of nitrogens with one attached hydrogen (secondary N) is 2. The minimum Gasteiger partial charge on any atom is -0.457 e. The van der Waals surface area contributed by atoms with Crippen molar-refractivity contribution in [3.05, 3.63) is 84.2 Å². The van der Waals surface area contributed by atoms with Gasteiger partial charge in [-0.05, 0) is 55.0 Å². The number of hydroxylamine groups is 1.